The van der Waals surface area contributed by atoms with Gasteiger partial charge in [-0.3, -0.25) is 4.79 Å². The summed E-state index contributed by atoms with van der Waals surface area (Å²) in [5.41, 5.74) is 1.65. The molecular formula is C16H15IN2O3. The van der Waals surface area contributed by atoms with E-state index in [0.29, 0.717) is 11.3 Å². The van der Waals surface area contributed by atoms with Crippen LogP contribution >= 0.6 is 22.6 Å². The van der Waals surface area contributed by atoms with Crippen LogP contribution in [0.25, 0.3) is 0 Å². The van der Waals surface area contributed by atoms with E-state index in [4.69, 9.17) is 4.74 Å². The first-order valence-corrected chi connectivity index (χ1v) is 7.65. The molecule has 0 aromatic heterocycles. The molecule has 5 nitrogen and oxygen atoms in total. The molecule has 22 heavy (non-hydrogen) atoms. The van der Waals surface area contributed by atoms with Gasteiger partial charge in [0.2, 0.25) is 5.91 Å². The first-order valence-electron chi connectivity index (χ1n) is 6.57. The standard InChI is InChI=1S/C16H15IN2O3/c1-22-16(21)11-6-2-4-8-13(11)19-15(20)10-18-14-9-5-3-7-12(14)17/h2-9,18H,10H2,1H3,(H,19,20). The van der Waals surface area contributed by atoms with Crippen molar-refractivity contribution in [3.63, 3.8) is 0 Å². The third-order valence-corrected chi connectivity index (χ3v) is 3.86. The van der Waals surface area contributed by atoms with Crippen LogP contribution in [0, 0.1) is 3.57 Å². The van der Waals surface area contributed by atoms with Crippen molar-refractivity contribution >= 4 is 45.8 Å². The topological polar surface area (TPSA) is 67.4 Å². The maximum Gasteiger partial charge on any atom is 0.339 e. The van der Waals surface area contributed by atoms with Crippen LogP contribution in [0.4, 0.5) is 11.4 Å². The van der Waals surface area contributed by atoms with E-state index in [1.54, 1.807) is 24.3 Å². The Morgan fingerprint density at radius 3 is 2.36 bits per heavy atom. The molecule has 2 aromatic carbocycles. The van der Waals surface area contributed by atoms with Crippen LogP contribution in [0.2, 0.25) is 0 Å². The van der Waals surface area contributed by atoms with E-state index >= 15 is 0 Å². The molecule has 0 saturated carbocycles. The molecule has 0 fully saturated rings. The van der Waals surface area contributed by atoms with Crippen LogP contribution in [0.15, 0.2) is 48.5 Å². The Bertz CT molecular complexity index is 689. The monoisotopic (exact) mass is 410 g/mol. The Morgan fingerprint density at radius 1 is 1.05 bits per heavy atom. The van der Waals surface area contributed by atoms with Gasteiger partial charge in [0.15, 0.2) is 0 Å². The zero-order chi connectivity index (χ0) is 15.9. The molecule has 2 aromatic rings. The Balaban J connectivity index is 2.01. The highest BCUT2D eigenvalue weighted by atomic mass is 127. The van der Waals surface area contributed by atoms with Crippen molar-refractivity contribution in [2.45, 2.75) is 0 Å². The number of methoxy groups -OCH3 is 1. The van der Waals surface area contributed by atoms with Gasteiger partial charge in [0.1, 0.15) is 0 Å². The number of hydrogen-bond acceptors (Lipinski definition) is 4. The molecule has 1 amide bonds. The summed E-state index contributed by atoms with van der Waals surface area (Å²) in [4.78, 5) is 23.7. The molecule has 6 heteroatoms. The van der Waals surface area contributed by atoms with Gasteiger partial charge in [-0.15, -0.1) is 0 Å². The maximum absolute atomic E-state index is 12.0. The summed E-state index contributed by atoms with van der Waals surface area (Å²) < 4.78 is 5.73. The molecule has 0 unspecified atom stereocenters. The van der Waals surface area contributed by atoms with Crippen LogP contribution in [0.3, 0.4) is 0 Å². The number of esters is 1. The minimum Gasteiger partial charge on any atom is -0.465 e. The summed E-state index contributed by atoms with van der Waals surface area (Å²) in [6.07, 6.45) is 0. The molecule has 0 bridgehead atoms. The summed E-state index contributed by atoms with van der Waals surface area (Å²) >= 11 is 2.19. The number of rotatable bonds is 5. The number of carbonyl (C=O) groups is 2. The molecule has 2 N–H and O–H groups in total. The van der Waals surface area contributed by atoms with Crippen LogP contribution in [0.1, 0.15) is 10.4 Å². The summed E-state index contributed by atoms with van der Waals surface area (Å²) in [6, 6.07) is 14.4. The molecule has 0 radical (unpaired) electrons. The zero-order valence-electron chi connectivity index (χ0n) is 11.9. The number of carbonyl (C=O) groups excluding carboxylic acids is 2. The summed E-state index contributed by atoms with van der Waals surface area (Å²) in [7, 11) is 1.31. The third kappa shape index (κ3) is 4.20. The van der Waals surface area contributed by atoms with E-state index in [2.05, 4.69) is 33.2 Å². The highest BCUT2D eigenvalue weighted by Gasteiger charge is 2.13. The fourth-order valence-electron chi connectivity index (χ4n) is 1.85. The van der Waals surface area contributed by atoms with Crippen LogP contribution < -0.4 is 10.6 Å². The Kier molecular flexibility index (Phi) is 5.76. The van der Waals surface area contributed by atoms with Crippen molar-refractivity contribution < 1.29 is 14.3 Å². The van der Waals surface area contributed by atoms with Crippen molar-refractivity contribution in [3.05, 3.63) is 57.7 Å². The molecule has 0 atom stereocenters. The van der Waals surface area contributed by atoms with E-state index in [1.165, 1.54) is 7.11 Å². The summed E-state index contributed by atoms with van der Waals surface area (Å²) in [6.45, 7) is 0.107. The fourth-order valence-corrected chi connectivity index (χ4v) is 2.43. The molecule has 0 aliphatic carbocycles. The van der Waals surface area contributed by atoms with Gasteiger partial charge in [0.05, 0.1) is 24.9 Å². The van der Waals surface area contributed by atoms with Gasteiger partial charge in [-0.2, -0.15) is 0 Å². The van der Waals surface area contributed by atoms with E-state index < -0.39 is 5.97 Å². The molecule has 0 spiro atoms. The average Bonchev–Trinajstić information content (AvgIpc) is 2.54. The van der Waals surface area contributed by atoms with E-state index in [0.717, 1.165) is 9.26 Å². The lowest BCUT2D eigenvalue weighted by atomic mass is 10.2. The second-order valence-corrected chi connectivity index (χ2v) is 5.58. The minimum atomic E-state index is -0.485. The minimum absolute atomic E-state index is 0.107. The normalized spacial score (nSPS) is 9.91. The molecule has 0 heterocycles. The smallest absolute Gasteiger partial charge is 0.339 e. The zero-order valence-corrected chi connectivity index (χ0v) is 14.1. The second-order valence-electron chi connectivity index (χ2n) is 4.42. The number of benzene rings is 2. The highest BCUT2D eigenvalue weighted by Crippen LogP contribution is 2.18. The number of anilines is 2. The predicted octanol–water partition coefficient (Wildman–Crippen LogP) is 3.13. The van der Waals surface area contributed by atoms with Gasteiger partial charge < -0.3 is 15.4 Å². The molecule has 0 aliphatic rings. The average molecular weight is 410 g/mol. The van der Waals surface area contributed by atoms with E-state index in [-0.39, 0.29) is 12.5 Å². The van der Waals surface area contributed by atoms with Gasteiger partial charge in [-0.1, -0.05) is 24.3 Å². The Hall–Kier alpha value is -2.09. The van der Waals surface area contributed by atoms with Gasteiger partial charge in [-0.25, -0.2) is 4.79 Å². The van der Waals surface area contributed by atoms with Gasteiger partial charge in [0, 0.05) is 9.26 Å². The molecule has 114 valence electrons. The van der Waals surface area contributed by atoms with E-state index in [1.807, 2.05) is 24.3 Å². The number of ether oxygens (including phenoxy) is 1. The lowest BCUT2D eigenvalue weighted by Crippen LogP contribution is -2.23. The number of para-hydroxylation sites is 2. The first-order chi connectivity index (χ1) is 10.6. The molecule has 0 saturated heterocycles. The van der Waals surface area contributed by atoms with Crippen molar-refractivity contribution in [1.29, 1.82) is 0 Å². The van der Waals surface area contributed by atoms with Gasteiger partial charge in [-0.05, 0) is 46.9 Å². The van der Waals surface area contributed by atoms with Crippen molar-refractivity contribution in [3.8, 4) is 0 Å². The number of halogens is 1. The predicted molar refractivity (Wildman–Crippen MR) is 94.1 cm³/mol. The first kappa shape index (κ1) is 16.3. The largest absolute Gasteiger partial charge is 0.465 e. The van der Waals surface area contributed by atoms with Crippen molar-refractivity contribution in [1.82, 2.24) is 0 Å². The maximum atomic E-state index is 12.0. The Morgan fingerprint density at radius 2 is 1.68 bits per heavy atom. The Labute approximate surface area is 142 Å². The fraction of sp³-hybridized carbons (Fsp3) is 0.125. The lowest BCUT2D eigenvalue weighted by Gasteiger charge is -2.11. The summed E-state index contributed by atoms with van der Waals surface area (Å²) in [5.74, 6) is -0.725. The summed E-state index contributed by atoms with van der Waals surface area (Å²) in [5, 5.41) is 5.77. The van der Waals surface area contributed by atoms with Crippen molar-refractivity contribution in [2.75, 3.05) is 24.3 Å². The number of nitrogens with one attached hydrogen (secondary N) is 2. The van der Waals surface area contributed by atoms with Crippen LogP contribution in [-0.4, -0.2) is 25.5 Å². The SMILES string of the molecule is COC(=O)c1ccccc1NC(=O)CNc1ccccc1I. The second kappa shape index (κ2) is 7.79. The molecular weight excluding hydrogens is 395 g/mol. The third-order valence-electron chi connectivity index (χ3n) is 2.92. The van der Waals surface area contributed by atoms with Gasteiger partial charge in [0.25, 0.3) is 0 Å². The number of amides is 1. The highest BCUT2D eigenvalue weighted by molar-refractivity contribution is 14.1. The van der Waals surface area contributed by atoms with Gasteiger partial charge >= 0.3 is 5.97 Å². The van der Waals surface area contributed by atoms with Crippen LogP contribution in [0.5, 0.6) is 0 Å². The lowest BCUT2D eigenvalue weighted by molar-refractivity contribution is -0.114. The molecule has 0 aliphatic heterocycles. The quantitative estimate of drug-likeness (QED) is 0.587. The van der Waals surface area contributed by atoms with E-state index in [9.17, 15) is 9.59 Å². The number of hydrogen-bond donors (Lipinski definition) is 2. The molecule has 2 rings (SSSR count). The van der Waals surface area contributed by atoms with Crippen molar-refractivity contribution in [2.24, 2.45) is 0 Å². The van der Waals surface area contributed by atoms with Crippen LogP contribution in [-0.2, 0) is 9.53 Å².